The van der Waals surface area contributed by atoms with Crippen molar-refractivity contribution in [1.29, 1.82) is 0 Å². The Morgan fingerprint density at radius 1 is 1.21 bits per heavy atom. The lowest BCUT2D eigenvalue weighted by Crippen LogP contribution is -2.32. The lowest BCUT2D eigenvalue weighted by Gasteiger charge is -2.31. The van der Waals surface area contributed by atoms with Crippen molar-refractivity contribution in [2.24, 2.45) is 5.73 Å². The monoisotopic (exact) mass is 253 g/mol. The minimum absolute atomic E-state index is 0.549. The predicted molar refractivity (Wildman–Crippen MR) is 78.1 cm³/mol. The summed E-state index contributed by atoms with van der Waals surface area (Å²) in [7, 11) is 0. The summed E-state index contributed by atoms with van der Waals surface area (Å²) in [6.07, 6.45) is 2.96. The van der Waals surface area contributed by atoms with E-state index < -0.39 is 0 Å². The maximum Gasteiger partial charge on any atom is 0.133 e. The zero-order valence-corrected chi connectivity index (χ0v) is 11.3. The van der Waals surface area contributed by atoms with Crippen molar-refractivity contribution in [3.05, 3.63) is 58.8 Å². The van der Waals surface area contributed by atoms with E-state index in [1.54, 1.807) is 0 Å². The van der Waals surface area contributed by atoms with Crippen LogP contribution in [0, 0.1) is 6.92 Å². The van der Waals surface area contributed by atoms with Gasteiger partial charge in [0, 0.05) is 31.4 Å². The molecule has 2 aromatic rings. The first kappa shape index (κ1) is 12.2. The molecule has 1 aromatic heterocycles. The van der Waals surface area contributed by atoms with Crippen molar-refractivity contribution in [3.8, 4) is 0 Å². The van der Waals surface area contributed by atoms with E-state index in [4.69, 9.17) is 5.73 Å². The van der Waals surface area contributed by atoms with E-state index in [1.807, 2.05) is 12.3 Å². The number of aromatic nitrogens is 1. The van der Waals surface area contributed by atoms with Gasteiger partial charge in [0.2, 0.25) is 0 Å². The van der Waals surface area contributed by atoms with Gasteiger partial charge in [-0.3, -0.25) is 0 Å². The van der Waals surface area contributed by atoms with Crippen molar-refractivity contribution >= 4 is 5.82 Å². The van der Waals surface area contributed by atoms with Gasteiger partial charge in [0.1, 0.15) is 5.82 Å². The van der Waals surface area contributed by atoms with E-state index in [-0.39, 0.29) is 0 Å². The maximum atomic E-state index is 5.89. The molecule has 0 fully saturated rings. The second-order valence-electron chi connectivity index (χ2n) is 5.07. The van der Waals surface area contributed by atoms with Crippen LogP contribution in [0.25, 0.3) is 0 Å². The third-order valence-electron chi connectivity index (χ3n) is 3.90. The highest BCUT2D eigenvalue weighted by atomic mass is 15.2. The number of nitrogens with zero attached hydrogens (tertiary/aromatic N) is 2. The van der Waals surface area contributed by atoms with Crippen molar-refractivity contribution in [2.75, 3.05) is 11.4 Å². The molecular weight excluding hydrogens is 234 g/mol. The highest BCUT2D eigenvalue weighted by Crippen LogP contribution is 2.26. The first-order valence-electron chi connectivity index (χ1n) is 6.76. The summed E-state index contributed by atoms with van der Waals surface area (Å²) >= 11 is 0. The number of anilines is 1. The van der Waals surface area contributed by atoms with Crippen molar-refractivity contribution in [3.63, 3.8) is 0 Å². The molecule has 0 bridgehead atoms. The van der Waals surface area contributed by atoms with Crippen LogP contribution in [-0.2, 0) is 19.5 Å². The van der Waals surface area contributed by atoms with Gasteiger partial charge in [-0.1, -0.05) is 24.3 Å². The molecule has 0 unspecified atom stereocenters. The second-order valence-corrected chi connectivity index (χ2v) is 5.07. The van der Waals surface area contributed by atoms with Gasteiger partial charge in [0.15, 0.2) is 0 Å². The Bertz CT molecular complexity index is 592. The van der Waals surface area contributed by atoms with Gasteiger partial charge >= 0.3 is 0 Å². The van der Waals surface area contributed by atoms with Gasteiger partial charge in [-0.2, -0.15) is 0 Å². The zero-order chi connectivity index (χ0) is 13.2. The standard InChI is InChI=1S/C16H19N3/c1-12-6-8-18-16(15(12)10-17)19-9-7-13-4-2-3-5-14(13)11-19/h2-6,8H,7,9-11,17H2,1H3. The minimum atomic E-state index is 0.549. The molecule has 2 N–H and O–H groups in total. The molecule has 1 aliphatic heterocycles. The van der Waals surface area contributed by atoms with E-state index in [0.717, 1.165) is 25.3 Å². The molecule has 98 valence electrons. The quantitative estimate of drug-likeness (QED) is 0.893. The minimum Gasteiger partial charge on any atom is -0.352 e. The van der Waals surface area contributed by atoms with Crippen molar-refractivity contribution in [2.45, 2.75) is 26.4 Å². The Labute approximate surface area is 114 Å². The number of aryl methyl sites for hydroxylation is 1. The van der Waals surface area contributed by atoms with Crippen LogP contribution in [0.2, 0.25) is 0 Å². The number of nitrogens with two attached hydrogens (primary N) is 1. The molecule has 0 aliphatic carbocycles. The Morgan fingerprint density at radius 2 is 2.00 bits per heavy atom. The molecule has 2 heterocycles. The largest absolute Gasteiger partial charge is 0.352 e. The molecule has 0 atom stereocenters. The maximum absolute atomic E-state index is 5.89. The second kappa shape index (κ2) is 5.02. The first-order chi connectivity index (χ1) is 9.29. The van der Waals surface area contributed by atoms with Gasteiger partial charge in [-0.25, -0.2) is 4.98 Å². The normalized spacial score (nSPS) is 14.3. The van der Waals surface area contributed by atoms with Crippen LogP contribution < -0.4 is 10.6 Å². The molecule has 3 heteroatoms. The Hall–Kier alpha value is -1.87. The van der Waals surface area contributed by atoms with Crippen LogP contribution in [0.1, 0.15) is 22.3 Å². The lowest BCUT2D eigenvalue weighted by molar-refractivity contribution is 0.714. The molecular formula is C16H19N3. The summed E-state index contributed by atoms with van der Waals surface area (Å²) in [5, 5.41) is 0. The summed E-state index contributed by atoms with van der Waals surface area (Å²) in [5.74, 6) is 1.05. The van der Waals surface area contributed by atoms with Gasteiger partial charge in [-0.15, -0.1) is 0 Å². The fourth-order valence-corrected chi connectivity index (χ4v) is 2.78. The van der Waals surface area contributed by atoms with Crippen LogP contribution in [0.4, 0.5) is 5.82 Å². The number of hydrogen-bond acceptors (Lipinski definition) is 3. The van der Waals surface area contributed by atoms with E-state index in [0.29, 0.717) is 6.54 Å². The van der Waals surface area contributed by atoms with Crippen LogP contribution in [0.15, 0.2) is 36.5 Å². The molecule has 0 saturated carbocycles. The fourth-order valence-electron chi connectivity index (χ4n) is 2.78. The van der Waals surface area contributed by atoms with E-state index in [1.165, 1.54) is 22.3 Å². The smallest absolute Gasteiger partial charge is 0.133 e. The topological polar surface area (TPSA) is 42.2 Å². The van der Waals surface area contributed by atoms with Crippen molar-refractivity contribution in [1.82, 2.24) is 4.98 Å². The zero-order valence-electron chi connectivity index (χ0n) is 11.3. The molecule has 1 aliphatic rings. The lowest BCUT2D eigenvalue weighted by atomic mass is 9.99. The number of rotatable bonds is 2. The first-order valence-corrected chi connectivity index (χ1v) is 6.76. The van der Waals surface area contributed by atoms with Crippen LogP contribution in [0.3, 0.4) is 0 Å². The van der Waals surface area contributed by atoms with Crippen molar-refractivity contribution < 1.29 is 0 Å². The molecule has 1 aromatic carbocycles. The van der Waals surface area contributed by atoms with Gasteiger partial charge in [-0.05, 0) is 36.1 Å². The van der Waals surface area contributed by atoms with Crippen LogP contribution >= 0.6 is 0 Å². The molecule has 19 heavy (non-hydrogen) atoms. The molecule has 3 nitrogen and oxygen atoms in total. The number of fused-ring (bicyclic) bond motifs is 1. The van der Waals surface area contributed by atoms with Gasteiger partial charge in [0.05, 0.1) is 0 Å². The average Bonchev–Trinajstić information content (AvgIpc) is 2.46. The third-order valence-corrected chi connectivity index (χ3v) is 3.90. The summed E-state index contributed by atoms with van der Waals surface area (Å²) in [5.41, 5.74) is 11.1. The Balaban J connectivity index is 1.95. The summed E-state index contributed by atoms with van der Waals surface area (Å²) in [4.78, 5) is 6.90. The highest BCUT2D eigenvalue weighted by molar-refractivity contribution is 5.52. The molecule has 0 amide bonds. The number of pyridine rings is 1. The molecule has 0 spiro atoms. The summed E-state index contributed by atoms with van der Waals surface area (Å²) in [6, 6.07) is 10.7. The molecule has 0 radical (unpaired) electrons. The molecule has 0 saturated heterocycles. The predicted octanol–water partition coefficient (Wildman–Crippen LogP) is 2.41. The Morgan fingerprint density at radius 3 is 2.79 bits per heavy atom. The SMILES string of the molecule is Cc1ccnc(N2CCc3ccccc3C2)c1CN. The van der Waals surface area contributed by atoms with E-state index in [9.17, 15) is 0 Å². The number of benzene rings is 1. The summed E-state index contributed by atoms with van der Waals surface area (Å²) < 4.78 is 0. The van der Waals surface area contributed by atoms with E-state index in [2.05, 4.69) is 41.1 Å². The number of hydrogen-bond donors (Lipinski definition) is 1. The molecule has 3 rings (SSSR count). The summed E-state index contributed by atoms with van der Waals surface area (Å²) in [6.45, 7) is 4.60. The van der Waals surface area contributed by atoms with Crippen LogP contribution in [-0.4, -0.2) is 11.5 Å². The van der Waals surface area contributed by atoms with E-state index >= 15 is 0 Å². The van der Waals surface area contributed by atoms with Crippen LogP contribution in [0.5, 0.6) is 0 Å². The average molecular weight is 253 g/mol. The van der Waals surface area contributed by atoms with Gasteiger partial charge in [0.25, 0.3) is 0 Å². The third kappa shape index (κ3) is 2.22. The fraction of sp³-hybridized carbons (Fsp3) is 0.312. The highest BCUT2D eigenvalue weighted by Gasteiger charge is 2.19. The Kier molecular flexibility index (Phi) is 3.22. The van der Waals surface area contributed by atoms with Gasteiger partial charge < -0.3 is 10.6 Å².